The lowest BCUT2D eigenvalue weighted by Gasteiger charge is -2.13. The Balaban J connectivity index is 2.43. The second kappa shape index (κ2) is 5.14. The largest absolute Gasteiger partial charge is 0.419 e. The molecular formula is C13H12F4N2S. The highest BCUT2D eigenvalue weighted by atomic mass is 32.1. The molecule has 0 fully saturated rings. The Morgan fingerprint density at radius 3 is 2.40 bits per heavy atom. The predicted octanol–water partition coefficient (Wildman–Crippen LogP) is 3.97. The molecule has 0 aliphatic heterocycles. The van der Waals surface area contributed by atoms with Crippen LogP contribution in [-0.2, 0) is 6.18 Å². The van der Waals surface area contributed by atoms with Crippen molar-refractivity contribution in [3.63, 3.8) is 0 Å². The van der Waals surface area contributed by atoms with Gasteiger partial charge in [0.1, 0.15) is 10.8 Å². The first-order valence-corrected chi connectivity index (χ1v) is 6.58. The first-order valence-electron chi connectivity index (χ1n) is 5.76. The topological polar surface area (TPSA) is 38.9 Å². The van der Waals surface area contributed by atoms with Gasteiger partial charge in [0.05, 0.1) is 17.3 Å². The van der Waals surface area contributed by atoms with Crippen molar-refractivity contribution < 1.29 is 17.6 Å². The molecule has 0 amide bonds. The molecule has 2 rings (SSSR count). The summed E-state index contributed by atoms with van der Waals surface area (Å²) in [5.74, 6) is -1.31. The van der Waals surface area contributed by atoms with Crippen LogP contribution in [0.4, 0.5) is 17.6 Å². The van der Waals surface area contributed by atoms with Gasteiger partial charge in [-0.3, -0.25) is 0 Å². The quantitative estimate of drug-likeness (QED) is 0.853. The maximum atomic E-state index is 13.2. The van der Waals surface area contributed by atoms with Crippen molar-refractivity contribution in [2.75, 3.05) is 0 Å². The zero-order chi connectivity index (χ0) is 15.1. The predicted molar refractivity (Wildman–Crippen MR) is 69.0 cm³/mol. The smallest absolute Gasteiger partial charge is 0.318 e. The molecule has 1 unspecified atom stereocenters. The van der Waals surface area contributed by atoms with Gasteiger partial charge in [-0.2, -0.15) is 13.2 Å². The molecule has 2 aromatic rings. The third-order valence-corrected chi connectivity index (χ3v) is 4.12. The molecule has 2 N–H and O–H groups in total. The fraction of sp³-hybridized carbons (Fsp3) is 0.308. The molecule has 0 spiro atoms. The van der Waals surface area contributed by atoms with Crippen LogP contribution in [0.5, 0.6) is 0 Å². The minimum atomic E-state index is -4.74. The molecule has 0 saturated heterocycles. The zero-order valence-electron chi connectivity index (χ0n) is 10.8. The van der Waals surface area contributed by atoms with Crippen molar-refractivity contribution in [3.05, 3.63) is 50.7 Å². The van der Waals surface area contributed by atoms with E-state index in [1.807, 2.05) is 6.92 Å². The van der Waals surface area contributed by atoms with Gasteiger partial charge >= 0.3 is 6.18 Å². The molecule has 0 radical (unpaired) electrons. The number of nitrogens with two attached hydrogens (primary N) is 1. The zero-order valence-corrected chi connectivity index (χ0v) is 11.6. The maximum absolute atomic E-state index is 13.2. The minimum Gasteiger partial charge on any atom is -0.318 e. The highest BCUT2D eigenvalue weighted by molar-refractivity contribution is 7.11. The van der Waals surface area contributed by atoms with Gasteiger partial charge < -0.3 is 5.73 Å². The lowest BCUT2D eigenvalue weighted by atomic mass is 10.0. The first-order chi connectivity index (χ1) is 9.20. The molecule has 0 bridgehead atoms. The van der Waals surface area contributed by atoms with E-state index in [4.69, 9.17) is 5.73 Å². The van der Waals surface area contributed by atoms with Crippen LogP contribution in [0.1, 0.15) is 32.7 Å². The van der Waals surface area contributed by atoms with E-state index in [2.05, 4.69) is 4.98 Å². The second-order valence-electron chi connectivity index (χ2n) is 4.41. The number of nitrogens with zero attached hydrogens (tertiary/aromatic N) is 1. The third-order valence-electron chi connectivity index (χ3n) is 2.97. The van der Waals surface area contributed by atoms with Crippen molar-refractivity contribution in [2.45, 2.75) is 26.1 Å². The number of alkyl halides is 3. The average Bonchev–Trinajstić information content (AvgIpc) is 2.68. The summed E-state index contributed by atoms with van der Waals surface area (Å²) >= 11 is 1.32. The van der Waals surface area contributed by atoms with Crippen LogP contribution in [0.25, 0.3) is 0 Å². The van der Waals surface area contributed by atoms with Gasteiger partial charge in [0.15, 0.2) is 0 Å². The van der Waals surface area contributed by atoms with Gasteiger partial charge in [0.25, 0.3) is 0 Å². The van der Waals surface area contributed by atoms with E-state index in [0.29, 0.717) is 5.01 Å². The fourth-order valence-corrected chi connectivity index (χ4v) is 2.68. The summed E-state index contributed by atoms with van der Waals surface area (Å²) in [6, 6.07) is 1.98. The van der Waals surface area contributed by atoms with Crippen LogP contribution in [0.3, 0.4) is 0 Å². The van der Waals surface area contributed by atoms with Crippen LogP contribution in [0.2, 0.25) is 0 Å². The number of halogens is 4. The summed E-state index contributed by atoms with van der Waals surface area (Å²) < 4.78 is 51.2. The summed E-state index contributed by atoms with van der Waals surface area (Å²) in [6.45, 7) is 3.66. The number of aromatic nitrogens is 1. The summed E-state index contributed by atoms with van der Waals surface area (Å²) in [6.07, 6.45) is -4.74. The van der Waals surface area contributed by atoms with Gasteiger partial charge in [-0.05, 0) is 31.5 Å². The highest BCUT2D eigenvalue weighted by Gasteiger charge is 2.34. The Morgan fingerprint density at radius 1 is 1.25 bits per heavy atom. The van der Waals surface area contributed by atoms with E-state index in [9.17, 15) is 17.6 Å². The standard InChI is InChI=1S/C13H12F4N2S/c1-6-7(2)20-12(19-6)11(18)8-3-4-10(14)9(5-8)13(15,16)17/h3-5,11H,18H2,1-2H3. The Morgan fingerprint density at radius 2 is 1.90 bits per heavy atom. The van der Waals surface area contributed by atoms with Gasteiger partial charge in [-0.1, -0.05) is 6.07 Å². The van der Waals surface area contributed by atoms with Crippen LogP contribution < -0.4 is 5.73 Å². The van der Waals surface area contributed by atoms with Crippen LogP contribution in [0, 0.1) is 19.7 Å². The molecule has 1 aromatic heterocycles. The fourth-order valence-electron chi connectivity index (χ4n) is 1.73. The monoisotopic (exact) mass is 304 g/mol. The third kappa shape index (κ3) is 2.83. The molecule has 20 heavy (non-hydrogen) atoms. The van der Waals surface area contributed by atoms with Gasteiger partial charge in [-0.15, -0.1) is 11.3 Å². The number of rotatable bonds is 2. The lowest BCUT2D eigenvalue weighted by Crippen LogP contribution is -2.15. The minimum absolute atomic E-state index is 0.187. The van der Waals surface area contributed by atoms with Crippen LogP contribution in [0.15, 0.2) is 18.2 Å². The number of hydrogen-bond acceptors (Lipinski definition) is 3. The Hall–Kier alpha value is -1.47. The maximum Gasteiger partial charge on any atom is 0.419 e. The van der Waals surface area contributed by atoms with E-state index in [0.717, 1.165) is 22.7 Å². The number of aryl methyl sites for hydroxylation is 2. The first kappa shape index (κ1) is 14.9. The molecular weight excluding hydrogens is 292 g/mol. The highest BCUT2D eigenvalue weighted by Crippen LogP contribution is 2.34. The van der Waals surface area contributed by atoms with Gasteiger partial charge in [0, 0.05) is 4.88 Å². The second-order valence-corrected chi connectivity index (χ2v) is 5.64. The number of thiazole rings is 1. The molecule has 1 atom stereocenters. The summed E-state index contributed by atoms with van der Waals surface area (Å²) in [5, 5.41) is 0.514. The Labute approximate surface area is 117 Å². The van der Waals surface area contributed by atoms with E-state index < -0.39 is 23.6 Å². The molecule has 2 nitrogen and oxygen atoms in total. The summed E-state index contributed by atoms with van der Waals surface area (Å²) in [4.78, 5) is 5.17. The molecule has 0 aliphatic carbocycles. The van der Waals surface area contributed by atoms with Crippen molar-refractivity contribution in [1.82, 2.24) is 4.98 Å². The Bertz CT molecular complexity index is 614. The average molecular weight is 304 g/mol. The van der Waals surface area contributed by atoms with Gasteiger partial charge in [0.2, 0.25) is 0 Å². The molecule has 7 heteroatoms. The van der Waals surface area contributed by atoms with E-state index in [1.165, 1.54) is 17.4 Å². The molecule has 1 aromatic carbocycles. The molecule has 0 saturated carbocycles. The van der Waals surface area contributed by atoms with E-state index >= 15 is 0 Å². The Kier molecular flexibility index (Phi) is 3.84. The van der Waals surface area contributed by atoms with Crippen LogP contribution >= 0.6 is 11.3 Å². The van der Waals surface area contributed by atoms with Crippen molar-refractivity contribution in [3.8, 4) is 0 Å². The van der Waals surface area contributed by atoms with Gasteiger partial charge in [-0.25, -0.2) is 9.37 Å². The number of hydrogen-bond donors (Lipinski definition) is 1. The van der Waals surface area contributed by atoms with Crippen molar-refractivity contribution in [1.29, 1.82) is 0 Å². The normalized spacial score (nSPS) is 13.6. The summed E-state index contributed by atoms with van der Waals surface area (Å²) in [5.41, 5.74) is 5.59. The van der Waals surface area contributed by atoms with Crippen molar-refractivity contribution in [2.24, 2.45) is 5.73 Å². The molecule has 0 aliphatic rings. The lowest BCUT2D eigenvalue weighted by molar-refractivity contribution is -0.140. The number of benzene rings is 1. The van der Waals surface area contributed by atoms with E-state index in [1.54, 1.807) is 6.92 Å². The van der Waals surface area contributed by atoms with E-state index in [-0.39, 0.29) is 5.56 Å². The van der Waals surface area contributed by atoms with Crippen molar-refractivity contribution >= 4 is 11.3 Å². The summed E-state index contributed by atoms with van der Waals surface area (Å²) in [7, 11) is 0. The molecule has 1 heterocycles. The molecule has 108 valence electrons. The van der Waals surface area contributed by atoms with Crippen LogP contribution in [-0.4, -0.2) is 4.98 Å². The SMILES string of the molecule is Cc1nc(C(N)c2ccc(F)c(C(F)(F)F)c2)sc1C.